The molecule has 26 heavy (non-hydrogen) atoms. The molecule has 3 aromatic heterocycles. The van der Waals surface area contributed by atoms with Crippen LogP contribution < -0.4 is 5.32 Å². The largest absolute Gasteiger partial charge is 0.465 e. The highest BCUT2D eigenvalue weighted by molar-refractivity contribution is 7.16. The molecule has 6 nitrogen and oxygen atoms in total. The molecule has 0 saturated carbocycles. The van der Waals surface area contributed by atoms with Gasteiger partial charge in [0.1, 0.15) is 10.0 Å². The van der Waals surface area contributed by atoms with E-state index in [2.05, 4.69) is 15.3 Å². The molecule has 8 heteroatoms. The molecule has 0 fully saturated rings. The van der Waals surface area contributed by atoms with E-state index in [-0.39, 0.29) is 12.3 Å². The maximum atomic E-state index is 12.4. The van der Waals surface area contributed by atoms with Crippen LogP contribution in [0.3, 0.4) is 0 Å². The highest BCUT2D eigenvalue weighted by Gasteiger charge is 2.22. The van der Waals surface area contributed by atoms with E-state index in [1.807, 2.05) is 37.4 Å². The monoisotopic (exact) mass is 387 g/mol. The van der Waals surface area contributed by atoms with Crippen LogP contribution in [0.5, 0.6) is 0 Å². The molecule has 1 amide bonds. The average Bonchev–Trinajstić information content (AvgIpc) is 3.20. The molecule has 0 aliphatic heterocycles. The third-order valence-corrected chi connectivity index (χ3v) is 5.84. The van der Waals surface area contributed by atoms with Crippen LogP contribution in [0.2, 0.25) is 0 Å². The molecule has 0 radical (unpaired) electrons. The second-order valence-corrected chi connectivity index (χ2v) is 7.65. The van der Waals surface area contributed by atoms with Crippen molar-refractivity contribution in [2.45, 2.75) is 20.3 Å². The fourth-order valence-electron chi connectivity index (χ4n) is 2.39. The number of aromatic nitrogens is 2. The number of pyridine rings is 1. The lowest BCUT2D eigenvalue weighted by Gasteiger charge is -2.05. The minimum atomic E-state index is -0.451. The molecule has 0 spiro atoms. The molecular weight excluding hydrogens is 370 g/mol. The zero-order valence-electron chi connectivity index (χ0n) is 14.5. The predicted octanol–water partition coefficient (Wildman–Crippen LogP) is 3.85. The minimum Gasteiger partial charge on any atom is -0.465 e. The summed E-state index contributed by atoms with van der Waals surface area (Å²) in [6.07, 6.45) is 1.83. The smallest absolute Gasteiger partial charge is 0.341 e. The van der Waals surface area contributed by atoms with Crippen molar-refractivity contribution in [2.75, 3.05) is 12.4 Å². The fourth-order valence-corrected chi connectivity index (χ4v) is 4.25. The Bertz CT molecular complexity index is 948. The van der Waals surface area contributed by atoms with Crippen molar-refractivity contribution in [2.24, 2.45) is 0 Å². The van der Waals surface area contributed by atoms with Crippen LogP contribution in [0.15, 0.2) is 29.8 Å². The Labute approximate surface area is 158 Å². The highest BCUT2D eigenvalue weighted by atomic mass is 32.1. The number of carbonyl (C=O) groups excluding carboxylic acids is 2. The molecule has 0 aromatic carbocycles. The number of thiophene rings is 1. The normalized spacial score (nSPS) is 10.6. The SMILES string of the molecule is COC(=O)c1c(NC(=O)Cc2csc(-c3ccccn3)n2)sc(C)c1C. The first-order valence-electron chi connectivity index (χ1n) is 7.83. The van der Waals surface area contributed by atoms with Crippen LogP contribution in [-0.4, -0.2) is 29.0 Å². The van der Waals surface area contributed by atoms with Gasteiger partial charge in [0.05, 0.1) is 30.5 Å². The first kappa shape index (κ1) is 18.2. The predicted molar refractivity (Wildman–Crippen MR) is 103 cm³/mol. The number of nitrogens with zero attached hydrogens (tertiary/aromatic N) is 2. The zero-order chi connectivity index (χ0) is 18.7. The number of amides is 1. The summed E-state index contributed by atoms with van der Waals surface area (Å²) in [4.78, 5) is 34.1. The number of hydrogen-bond donors (Lipinski definition) is 1. The van der Waals surface area contributed by atoms with Gasteiger partial charge in [0.25, 0.3) is 0 Å². The number of aryl methyl sites for hydroxylation is 1. The van der Waals surface area contributed by atoms with E-state index < -0.39 is 5.97 Å². The number of esters is 1. The molecule has 0 aliphatic rings. The zero-order valence-corrected chi connectivity index (χ0v) is 16.2. The Balaban J connectivity index is 1.73. The number of methoxy groups -OCH3 is 1. The third kappa shape index (κ3) is 3.81. The van der Waals surface area contributed by atoms with Crippen LogP contribution >= 0.6 is 22.7 Å². The van der Waals surface area contributed by atoms with Gasteiger partial charge >= 0.3 is 5.97 Å². The lowest BCUT2D eigenvalue weighted by atomic mass is 10.1. The van der Waals surface area contributed by atoms with Gasteiger partial charge in [-0.3, -0.25) is 9.78 Å². The summed E-state index contributed by atoms with van der Waals surface area (Å²) in [5.41, 5.74) is 2.68. The molecule has 134 valence electrons. The van der Waals surface area contributed by atoms with Crippen LogP contribution in [0.1, 0.15) is 26.5 Å². The van der Waals surface area contributed by atoms with Gasteiger partial charge < -0.3 is 10.1 Å². The highest BCUT2D eigenvalue weighted by Crippen LogP contribution is 2.33. The lowest BCUT2D eigenvalue weighted by molar-refractivity contribution is -0.115. The Kier molecular flexibility index (Phi) is 5.43. The topological polar surface area (TPSA) is 81.2 Å². The molecule has 3 heterocycles. The van der Waals surface area contributed by atoms with E-state index in [0.717, 1.165) is 21.1 Å². The molecule has 0 unspecified atom stereocenters. The maximum absolute atomic E-state index is 12.4. The van der Waals surface area contributed by atoms with Crippen LogP contribution in [-0.2, 0) is 16.0 Å². The van der Waals surface area contributed by atoms with Crippen LogP contribution in [0, 0.1) is 13.8 Å². The first-order valence-corrected chi connectivity index (χ1v) is 9.53. The number of thiazole rings is 1. The number of nitrogens with one attached hydrogen (secondary N) is 1. The quantitative estimate of drug-likeness (QED) is 0.673. The van der Waals surface area contributed by atoms with Crippen molar-refractivity contribution in [3.63, 3.8) is 0 Å². The van der Waals surface area contributed by atoms with Crippen molar-refractivity contribution < 1.29 is 14.3 Å². The lowest BCUT2D eigenvalue weighted by Crippen LogP contribution is -2.16. The second kappa shape index (κ2) is 7.76. The molecule has 3 rings (SSSR count). The van der Waals surface area contributed by atoms with Crippen molar-refractivity contribution in [3.05, 3.63) is 51.5 Å². The third-order valence-electron chi connectivity index (χ3n) is 3.81. The summed E-state index contributed by atoms with van der Waals surface area (Å²) in [5, 5.41) is 5.94. The van der Waals surface area contributed by atoms with Crippen molar-refractivity contribution in [3.8, 4) is 10.7 Å². The molecule has 3 aromatic rings. The number of carbonyl (C=O) groups is 2. The van der Waals surface area contributed by atoms with Gasteiger partial charge in [-0.25, -0.2) is 9.78 Å². The number of anilines is 1. The van der Waals surface area contributed by atoms with Crippen LogP contribution in [0.25, 0.3) is 10.7 Å². The van der Waals surface area contributed by atoms with Crippen LogP contribution in [0.4, 0.5) is 5.00 Å². The van der Waals surface area contributed by atoms with E-state index in [1.54, 1.807) is 6.20 Å². The molecule has 0 saturated heterocycles. The van der Waals surface area contributed by atoms with Crippen molar-refractivity contribution in [1.82, 2.24) is 9.97 Å². The molecule has 0 atom stereocenters. The maximum Gasteiger partial charge on any atom is 0.341 e. The van der Waals surface area contributed by atoms with Gasteiger partial charge in [0.2, 0.25) is 5.91 Å². The Morgan fingerprint density at radius 1 is 1.27 bits per heavy atom. The Hall–Kier alpha value is -2.58. The van der Waals surface area contributed by atoms with Gasteiger partial charge in [0.15, 0.2) is 0 Å². The summed E-state index contributed by atoms with van der Waals surface area (Å²) in [5.74, 6) is -0.678. The van der Waals surface area contributed by atoms with Crippen molar-refractivity contribution in [1.29, 1.82) is 0 Å². The van der Waals surface area contributed by atoms with E-state index in [1.165, 1.54) is 29.8 Å². The first-order chi connectivity index (χ1) is 12.5. The Morgan fingerprint density at radius 2 is 2.08 bits per heavy atom. The molecule has 0 aliphatic carbocycles. The number of hydrogen-bond acceptors (Lipinski definition) is 7. The fraction of sp³-hybridized carbons (Fsp3) is 0.222. The average molecular weight is 387 g/mol. The van der Waals surface area contributed by atoms with Gasteiger partial charge in [-0.2, -0.15) is 0 Å². The van der Waals surface area contributed by atoms with E-state index in [9.17, 15) is 9.59 Å². The second-order valence-electron chi connectivity index (χ2n) is 5.56. The van der Waals surface area contributed by atoms with Gasteiger partial charge in [-0.1, -0.05) is 6.07 Å². The van der Waals surface area contributed by atoms with E-state index >= 15 is 0 Å². The molecule has 1 N–H and O–H groups in total. The van der Waals surface area contributed by atoms with Crippen molar-refractivity contribution >= 4 is 39.6 Å². The summed E-state index contributed by atoms with van der Waals surface area (Å²) in [7, 11) is 1.33. The molecule has 0 bridgehead atoms. The summed E-state index contributed by atoms with van der Waals surface area (Å²) >= 11 is 2.81. The Morgan fingerprint density at radius 3 is 2.77 bits per heavy atom. The summed E-state index contributed by atoms with van der Waals surface area (Å²) in [6, 6.07) is 5.61. The van der Waals surface area contributed by atoms with E-state index in [0.29, 0.717) is 16.3 Å². The van der Waals surface area contributed by atoms with Gasteiger partial charge in [0, 0.05) is 16.5 Å². The van der Waals surface area contributed by atoms with E-state index in [4.69, 9.17) is 4.74 Å². The summed E-state index contributed by atoms with van der Waals surface area (Å²) in [6.45, 7) is 3.75. The summed E-state index contributed by atoms with van der Waals surface area (Å²) < 4.78 is 4.82. The minimum absolute atomic E-state index is 0.125. The number of ether oxygens (including phenoxy) is 1. The van der Waals surface area contributed by atoms with Gasteiger partial charge in [-0.15, -0.1) is 22.7 Å². The molecular formula is C18H17N3O3S2. The number of rotatable bonds is 5. The van der Waals surface area contributed by atoms with Gasteiger partial charge in [-0.05, 0) is 31.5 Å². The standard InChI is InChI=1S/C18H17N3O3S2/c1-10-11(2)26-17(15(10)18(23)24-3)21-14(22)8-12-9-25-16(20-12)13-6-4-5-7-19-13/h4-7,9H,8H2,1-3H3,(H,21,22).